The van der Waals surface area contributed by atoms with Gasteiger partial charge in [-0.15, -0.1) is 11.3 Å². The van der Waals surface area contributed by atoms with Gasteiger partial charge in [0.15, 0.2) is 0 Å². The number of imidazole rings is 1. The van der Waals surface area contributed by atoms with Gasteiger partial charge in [-0.2, -0.15) is 0 Å². The molecule has 3 rings (SSSR count). The molecule has 0 bridgehead atoms. The third kappa shape index (κ3) is 2.96. The highest BCUT2D eigenvalue weighted by Crippen LogP contribution is 2.29. The van der Waals surface area contributed by atoms with Crippen molar-refractivity contribution in [2.45, 2.75) is 45.1 Å². The first-order chi connectivity index (χ1) is 9.74. The molecule has 20 heavy (non-hydrogen) atoms. The predicted molar refractivity (Wildman–Crippen MR) is 84.5 cm³/mol. The molecule has 0 aromatic carbocycles. The van der Waals surface area contributed by atoms with Crippen molar-refractivity contribution in [3.63, 3.8) is 0 Å². The maximum Gasteiger partial charge on any atom is 0.0950 e. The summed E-state index contributed by atoms with van der Waals surface area (Å²) < 4.78 is 2.39. The Balaban J connectivity index is 1.74. The summed E-state index contributed by atoms with van der Waals surface area (Å²) in [6, 6.07) is 4.96. The fourth-order valence-corrected chi connectivity index (χ4v) is 4.11. The molecule has 2 aromatic rings. The Hall–Kier alpha value is -1.13. The van der Waals surface area contributed by atoms with E-state index in [2.05, 4.69) is 47.0 Å². The number of nitrogens with one attached hydrogen (secondary N) is 1. The van der Waals surface area contributed by atoms with Crippen LogP contribution in [0, 0.1) is 6.92 Å². The summed E-state index contributed by atoms with van der Waals surface area (Å²) >= 11 is 1.91. The first-order valence-electron chi connectivity index (χ1n) is 7.52. The third-order valence-electron chi connectivity index (χ3n) is 4.22. The van der Waals surface area contributed by atoms with E-state index in [0.29, 0.717) is 12.0 Å². The van der Waals surface area contributed by atoms with Gasteiger partial charge in [-0.3, -0.25) is 0 Å². The van der Waals surface area contributed by atoms with Crippen LogP contribution >= 0.6 is 11.3 Å². The lowest BCUT2D eigenvalue weighted by Gasteiger charge is -2.25. The monoisotopic (exact) mass is 289 g/mol. The van der Waals surface area contributed by atoms with Crippen molar-refractivity contribution in [3.05, 3.63) is 40.1 Å². The molecule has 3 nitrogen and oxygen atoms in total. The van der Waals surface area contributed by atoms with Crippen molar-refractivity contribution >= 4 is 11.3 Å². The van der Waals surface area contributed by atoms with Crippen molar-refractivity contribution in [1.82, 2.24) is 14.9 Å². The Bertz CT molecular complexity index is 552. The Labute approximate surface area is 125 Å². The smallest absolute Gasteiger partial charge is 0.0950 e. The largest absolute Gasteiger partial charge is 0.331 e. The van der Waals surface area contributed by atoms with Crippen LogP contribution in [0.4, 0.5) is 0 Å². The second-order valence-corrected chi connectivity index (χ2v) is 7.19. The van der Waals surface area contributed by atoms with E-state index in [1.807, 2.05) is 17.7 Å². The van der Waals surface area contributed by atoms with Crippen LogP contribution < -0.4 is 5.32 Å². The minimum Gasteiger partial charge on any atom is -0.331 e. The van der Waals surface area contributed by atoms with Crippen LogP contribution in [0.5, 0.6) is 0 Å². The van der Waals surface area contributed by atoms with Crippen molar-refractivity contribution in [2.24, 2.45) is 0 Å². The number of hydrogen-bond donors (Lipinski definition) is 1. The summed E-state index contributed by atoms with van der Waals surface area (Å²) in [6.45, 7) is 6.75. The maximum absolute atomic E-state index is 4.41. The van der Waals surface area contributed by atoms with Gasteiger partial charge in [0.05, 0.1) is 6.33 Å². The molecule has 4 heteroatoms. The standard InChI is InChI=1S/C16H23N3S/c1-12(9-15-4-3-13(2)20-15)19-11-18-10-16(19)14-5-7-17-8-6-14/h3-4,10-12,14,17H,5-9H2,1-2H3. The minimum atomic E-state index is 0.487. The van der Waals surface area contributed by atoms with Gasteiger partial charge < -0.3 is 9.88 Å². The number of thiophene rings is 1. The van der Waals surface area contributed by atoms with Crippen LogP contribution in [0.15, 0.2) is 24.7 Å². The van der Waals surface area contributed by atoms with Gasteiger partial charge in [-0.1, -0.05) is 0 Å². The van der Waals surface area contributed by atoms with E-state index in [1.54, 1.807) is 0 Å². The second kappa shape index (κ2) is 6.10. The van der Waals surface area contributed by atoms with Gasteiger partial charge in [-0.05, 0) is 51.9 Å². The Morgan fingerprint density at radius 1 is 1.40 bits per heavy atom. The van der Waals surface area contributed by atoms with Crippen LogP contribution in [-0.2, 0) is 6.42 Å². The van der Waals surface area contributed by atoms with Crippen LogP contribution in [0.2, 0.25) is 0 Å². The maximum atomic E-state index is 4.41. The zero-order valence-corrected chi connectivity index (χ0v) is 13.1. The van der Waals surface area contributed by atoms with Crippen molar-refractivity contribution in [3.8, 4) is 0 Å². The summed E-state index contributed by atoms with van der Waals surface area (Å²) in [7, 11) is 0. The van der Waals surface area contributed by atoms with Gasteiger partial charge in [0.1, 0.15) is 0 Å². The van der Waals surface area contributed by atoms with Crippen molar-refractivity contribution < 1.29 is 0 Å². The highest BCUT2D eigenvalue weighted by Gasteiger charge is 2.21. The lowest BCUT2D eigenvalue weighted by molar-refractivity contribution is 0.422. The van der Waals surface area contributed by atoms with Gasteiger partial charge in [0.25, 0.3) is 0 Å². The Morgan fingerprint density at radius 3 is 2.90 bits per heavy atom. The molecule has 0 aliphatic carbocycles. The summed E-state index contributed by atoms with van der Waals surface area (Å²) in [5, 5.41) is 3.44. The molecule has 0 spiro atoms. The molecule has 1 unspecified atom stereocenters. The van der Waals surface area contributed by atoms with Crippen molar-refractivity contribution in [1.29, 1.82) is 0 Å². The normalized spacial score (nSPS) is 18.3. The van der Waals surface area contributed by atoms with Crippen LogP contribution in [0.25, 0.3) is 0 Å². The zero-order valence-electron chi connectivity index (χ0n) is 12.3. The Kier molecular flexibility index (Phi) is 4.22. The molecule has 3 heterocycles. The Morgan fingerprint density at radius 2 is 2.20 bits per heavy atom. The van der Waals surface area contributed by atoms with Gasteiger partial charge >= 0.3 is 0 Å². The molecule has 1 aliphatic heterocycles. The van der Waals surface area contributed by atoms with E-state index in [-0.39, 0.29) is 0 Å². The highest BCUT2D eigenvalue weighted by atomic mass is 32.1. The van der Waals surface area contributed by atoms with Gasteiger partial charge in [0.2, 0.25) is 0 Å². The molecule has 1 fully saturated rings. The molecule has 0 radical (unpaired) electrons. The number of hydrogen-bond acceptors (Lipinski definition) is 3. The SMILES string of the molecule is Cc1ccc(CC(C)n2cncc2C2CCNCC2)s1. The number of rotatable bonds is 4. The van der Waals surface area contributed by atoms with E-state index in [1.165, 1.54) is 28.3 Å². The fraction of sp³-hybridized carbons (Fsp3) is 0.562. The topological polar surface area (TPSA) is 29.9 Å². The van der Waals surface area contributed by atoms with Crippen LogP contribution in [0.1, 0.15) is 47.2 Å². The zero-order chi connectivity index (χ0) is 13.9. The van der Waals surface area contributed by atoms with Crippen molar-refractivity contribution in [2.75, 3.05) is 13.1 Å². The van der Waals surface area contributed by atoms with Gasteiger partial charge in [-0.25, -0.2) is 4.98 Å². The summed E-state index contributed by atoms with van der Waals surface area (Å²) in [5.74, 6) is 0.672. The van der Waals surface area contributed by atoms with E-state index < -0.39 is 0 Å². The summed E-state index contributed by atoms with van der Waals surface area (Å²) in [5.41, 5.74) is 1.42. The lowest BCUT2D eigenvalue weighted by atomic mass is 9.94. The lowest BCUT2D eigenvalue weighted by Crippen LogP contribution is -2.28. The molecule has 2 aromatic heterocycles. The average molecular weight is 289 g/mol. The van der Waals surface area contributed by atoms with E-state index >= 15 is 0 Å². The molecular weight excluding hydrogens is 266 g/mol. The molecule has 1 aliphatic rings. The minimum absolute atomic E-state index is 0.487. The molecule has 108 valence electrons. The van der Waals surface area contributed by atoms with Crippen LogP contribution in [0.3, 0.4) is 0 Å². The molecule has 0 amide bonds. The number of aromatic nitrogens is 2. The molecular formula is C16H23N3S. The number of nitrogens with zero attached hydrogens (tertiary/aromatic N) is 2. The summed E-state index contributed by atoms with van der Waals surface area (Å²) in [4.78, 5) is 7.28. The first kappa shape index (κ1) is 13.8. The van der Waals surface area contributed by atoms with E-state index in [4.69, 9.17) is 0 Å². The predicted octanol–water partition coefficient (Wildman–Crippen LogP) is 3.52. The molecule has 0 saturated carbocycles. The quantitative estimate of drug-likeness (QED) is 0.933. The molecule has 1 saturated heterocycles. The van der Waals surface area contributed by atoms with E-state index in [0.717, 1.165) is 19.5 Å². The first-order valence-corrected chi connectivity index (χ1v) is 8.33. The fourth-order valence-electron chi connectivity index (χ4n) is 3.10. The van der Waals surface area contributed by atoms with Gasteiger partial charge in [0, 0.05) is 40.0 Å². The van der Waals surface area contributed by atoms with E-state index in [9.17, 15) is 0 Å². The number of aryl methyl sites for hydroxylation is 1. The second-order valence-electron chi connectivity index (χ2n) is 5.82. The summed E-state index contributed by atoms with van der Waals surface area (Å²) in [6.07, 6.45) is 7.66. The molecule has 1 N–H and O–H groups in total. The average Bonchev–Trinajstić information content (AvgIpc) is 3.09. The van der Waals surface area contributed by atoms with Crippen LogP contribution in [-0.4, -0.2) is 22.6 Å². The third-order valence-corrected chi connectivity index (χ3v) is 5.24. The highest BCUT2D eigenvalue weighted by molar-refractivity contribution is 7.11. The molecule has 1 atom stereocenters. The number of piperidine rings is 1.